The molecule has 1 aromatic heterocycles. The summed E-state index contributed by atoms with van der Waals surface area (Å²) in [4.78, 5) is 2.39. The third-order valence-electron chi connectivity index (χ3n) is 11.5. The van der Waals surface area contributed by atoms with Gasteiger partial charge in [-0.25, -0.2) is 0 Å². The van der Waals surface area contributed by atoms with Crippen molar-refractivity contribution in [1.82, 2.24) is 0 Å². The molecule has 0 saturated heterocycles. The Morgan fingerprint density at radius 1 is 0.293 bits per heavy atom. The second kappa shape index (κ2) is 14.1. The summed E-state index contributed by atoms with van der Waals surface area (Å²) in [6.45, 7) is 0. The van der Waals surface area contributed by atoms with Crippen molar-refractivity contribution in [3.05, 3.63) is 224 Å². The normalized spacial score (nSPS) is 11.4. The molecule has 0 aliphatic heterocycles. The molecule has 0 spiro atoms. The van der Waals surface area contributed by atoms with Gasteiger partial charge in [-0.15, -0.1) is 0 Å². The molecule has 0 N–H and O–H groups in total. The van der Waals surface area contributed by atoms with Crippen molar-refractivity contribution in [2.24, 2.45) is 0 Å². The molecular formula is C56H37NO. The van der Waals surface area contributed by atoms with E-state index >= 15 is 0 Å². The summed E-state index contributed by atoms with van der Waals surface area (Å²) in [6.07, 6.45) is 0. The molecule has 11 rings (SSSR count). The first-order valence-corrected chi connectivity index (χ1v) is 19.8. The standard InChI is InChI=1S/C56H37NO/c1-2-13-44-37-45(28-25-38(44)11-1)39-23-26-42(27-24-39)50-16-5-7-20-53(50)57(46-33-29-41(30-34-46)49-18-9-14-40-12-3-4-15-48(40)49)47-35-31-43(32-36-47)51-19-10-22-55-56(51)52-17-6-8-21-54(52)58-55/h1-37H. The largest absolute Gasteiger partial charge is 0.456 e. The van der Waals surface area contributed by atoms with Gasteiger partial charge in [0.25, 0.3) is 0 Å². The molecule has 0 radical (unpaired) electrons. The number of para-hydroxylation sites is 2. The molecule has 0 bridgehead atoms. The molecule has 0 saturated carbocycles. The summed E-state index contributed by atoms with van der Waals surface area (Å²) in [5.41, 5.74) is 14.5. The first kappa shape index (κ1) is 33.6. The van der Waals surface area contributed by atoms with Crippen LogP contribution < -0.4 is 4.90 Å². The molecule has 0 atom stereocenters. The number of hydrogen-bond acceptors (Lipinski definition) is 2. The van der Waals surface area contributed by atoms with Crippen LogP contribution in [0.4, 0.5) is 17.1 Å². The molecule has 11 aromatic rings. The Balaban J connectivity index is 1.02. The first-order chi connectivity index (χ1) is 28.7. The van der Waals surface area contributed by atoms with Crippen molar-refractivity contribution in [3.8, 4) is 44.5 Å². The molecule has 272 valence electrons. The zero-order chi connectivity index (χ0) is 38.4. The lowest BCUT2D eigenvalue weighted by molar-refractivity contribution is 0.669. The summed E-state index contributed by atoms with van der Waals surface area (Å²) >= 11 is 0. The summed E-state index contributed by atoms with van der Waals surface area (Å²) in [5.74, 6) is 0. The van der Waals surface area contributed by atoms with E-state index in [1.165, 1.54) is 43.8 Å². The van der Waals surface area contributed by atoms with Crippen molar-refractivity contribution < 1.29 is 4.42 Å². The van der Waals surface area contributed by atoms with E-state index in [4.69, 9.17) is 4.42 Å². The van der Waals surface area contributed by atoms with Gasteiger partial charge in [0, 0.05) is 27.7 Å². The predicted octanol–water partition coefficient (Wildman–Crippen LogP) is 16.0. The minimum absolute atomic E-state index is 0.899. The fourth-order valence-corrected chi connectivity index (χ4v) is 8.62. The van der Waals surface area contributed by atoms with Gasteiger partial charge >= 0.3 is 0 Å². The molecule has 58 heavy (non-hydrogen) atoms. The molecule has 1 heterocycles. The number of furan rings is 1. The third kappa shape index (κ3) is 5.91. The van der Waals surface area contributed by atoms with Crippen LogP contribution in [0.5, 0.6) is 0 Å². The Bertz CT molecular complexity index is 3260. The van der Waals surface area contributed by atoms with E-state index < -0.39 is 0 Å². The minimum atomic E-state index is 0.899. The average Bonchev–Trinajstić information content (AvgIpc) is 3.69. The topological polar surface area (TPSA) is 16.4 Å². The lowest BCUT2D eigenvalue weighted by Gasteiger charge is -2.28. The van der Waals surface area contributed by atoms with Crippen LogP contribution in [0.25, 0.3) is 88.0 Å². The Kier molecular flexibility index (Phi) is 8.19. The highest BCUT2D eigenvalue weighted by atomic mass is 16.3. The Morgan fingerprint density at radius 3 is 1.59 bits per heavy atom. The van der Waals surface area contributed by atoms with Gasteiger partial charge in [-0.3, -0.25) is 0 Å². The highest BCUT2D eigenvalue weighted by Crippen LogP contribution is 2.44. The molecule has 0 unspecified atom stereocenters. The minimum Gasteiger partial charge on any atom is -0.456 e. The van der Waals surface area contributed by atoms with Crippen molar-refractivity contribution in [2.75, 3.05) is 4.90 Å². The predicted molar refractivity (Wildman–Crippen MR) is 245 cm³/mol. The van der Waals surface area contributed by atoms with Gasteiger partial charge < -0.3 is 9.32 Å². The maximum atomic E-state index is 6.25. The molecular weight excluding hydrogens is 703 g/mol. The Labute approximate surface area is 337 Å². The fraction of sp³-hybridized carbons (Fsp3) is 0. The van der Waals surface area contributed by atoms with Gasteiger partial charge in [0.2, 0.25) is 0 Å². The highest BCUT2D eigenvalue weighted by molar-refractivity contribution is 6.12. The second-order valence-corrected chi connectivity index (χ2v) is 14.9. The maximum Gasteiger partial charge on any atom is 0.136 e. The molecule has 0 fully saturated rings. The Hall–Kier alpha value is -7.68. The van der Waals surface area contributed by atoms with E-state index in [1.54, 1.807) is 0 Å². The van der Waals surface area contributed by atoms with Crippen LogP contribution in [-0.2, 0) is 0 Å². The van der Waals surface area contributed by atoms with Crippen molar-refractivity contribution >= 4 is 60.5 Å². The van der Waals surface area contributed by atoms with Gasteiger partial charge in [0.15, 0.2) is 0 Å². The summed E-state index contributed by atoms with van der Waals surface area (Å²) in [6, 6.07) is 80.7. The molecule has 0 amide bonds. The van der Waals surface area contributed by atoms with E-state index in [0.717, 1.165) is 61.3 Å². The molecule has 0 aliphatic rings. The van der Waals surface area contributed by atoms with Crippen molar-refractivity contribution in [1.29, 1.82) is 0 Å². The van der Waals surface area contributed by atoms with Crippen LogP contribution in [0.15, 0.2) is 229 Å². The van der Waals surface area contributed by atoms with Crippen LogP contribution in [0.3, 0.4) is 0 Å². The number of fused-ring (bicyclic) bond motifs is 5. The van der Waals surface area contributed by atoms with E-state index in [-0.39, 0.29) is 0 Å². The van der Waals surface area contributed by atoms with Gasteiger partial charge in [0.1, 0.15) is 11.2 Å². The zero-order valence-corrected chi connectivity index (χ0v) is 31.7. The quantitative estimate of drug-likeness (QED) is 0.162. The lowest BCUT2D eigenvalue weighted by atomic mass is 9.96. The number of hydrogen-bond donors (Lipinski definition) is 0. The lowest BCUT2D eigenvalue weighted by Crippen LogP contribution is -2.11. The second-order valence-electron chi connectivity index (χ2n) is 14.9. The van der Waals surface area contributed by atoms with E-state index in [0.29, 0.717) is 0 Å². The third-order valence-corrected chi connectivity index (χ3v) is 11.5. The van der Waals surface area contributed by atoms with E-state index in [9.17, 15) is 0 Å². The first-order valence-electron chi connectivity index (χ1n) is 19.8. The van der Waals surface area contributed by atoms with Crippen molar-refractivity contribution in [2.45, 2.75) is 0 Å². The monoisotopic (exact) mass is 739 g/mol. The van der Waals surface area contributed by atoms with E-state index in [2.05, 4.69) is 217 Å². The summed E-state index contributed by atoms with van der Waals surface area (Å²) < 4.78 is 6.25. The SMILES string of the molecule is c1ccc(N(c2ccc(-c3cccc4ccccc34)cc2)c2ccc(-c3cccc4oc5ccccc5c34)cc2)c(-c2ccc(-c3ccc4ccccc4c3)cc2)c1. The van der Waals surface area contributed by atoms with Crippen LogP contribution in [0.1, 0.15) is 0 Å². The molecule has 10 aromatic carbocycles. The average molecular weight is 740 g/mol. The van der Waals surface area contributed by atoms with Crippen LogP contribution in [0, 0.1) is 0 Å². The van der Waals surface area contributed by atoms with Gasteiger partial charge in [-0.1, -0.05) is 176 Å². The Morgan fingerprint density at radius 2 is 0.793 bits per heavy atom. The maximum absolute atomic E-state index is 6.25. The van der Waals surface area contributed by atoms with Gasteiger partial charge in [-0.2, -0.15) is 0 Å². The number of rotatable bonds is 7. The molecule has 2 nitrogen and oxygen atoms in total. The number of nitrogens with zero attached hydrogens (tertiary/aromatic N) is 1. The number of anilines is 3. The smallest absolute Gasteiger partial charge is 0.136 e. The van der Waals surface area contributed by atoms with Crippen LogP contribution >= 0.6 is 0 Å². The summed E-state index contributed by atoms with van der Waals surface area (Å²) in [7, 11) is 0. The van der Waals surface area contributed by atoms with E-state index in [1.807, 2.05) is 12.1 Å². The zero-order valence-electron chi connectivity index (χ0n) is 31.7. The summed E-state index contributed by atoms with van der Waals surface area (Å²) in [5, 5.41) is 7.27. The fourth-order valence-electron chi connectivity index (χ4n) is 8.62. The van der Waals surface area contributed by atoms with Crippen LogP contribution in [-0.4, -0.2) is 0 Å². The number of benzene rings is 10. The molecule has 0 aliphatic carbocycles. The highest BCUT2D eigenvalue weighted by Gasteiger charge is 2.19. The molecule has 2 heteroatoms. The van der Waals surface area contributed by atoms with Crippen molar-refractivity contribution in [3.63, 3.8) is 0 Å². The van der Waals surface area contributed by atoms with Gasteiger partial charge in [-0.05, 0) is 109 Å². The van der Waals surface area contributed by atoms with Crippen LogP contribution in [0.2, 0.25) is 0 Å². The van der Waals surface area contributed by atoms with Gasteiger partial charge in [0.05, 0.1) is 5.69 Å².